The molecule has 0 bridgehead atoms. The minimum absolute atomic E-state index is 0.0194. The largest absolute Gasteiger partial charge is 0.468 e. The Kier molecular flexibility index (Phi) is 4.48. The number of ether oxygens (including phenoxy) is 1. The number of hydrogen-bond acceptors (Lipinski definition) is 8. The van der Waals surface area contributed by atoms with Gasteiger partial charge in [-0.3, -0.25) is 14.9 Å². The monoisotopic (exact) mass is 309 g/mol. The fraction of sp³-hybridized carbons (Fsp3) is 0.273. The van der Waals surface area contributed by atoms with E-state index in [1.807, 2.05) is 0 Å². The lowest BCUT2D eigenvalue weighted by molar-refractivity contribution is -0.385. The van der Waals surface area contributed by atoms with E-state index in [0.29, 0.717) is 5.16 Å². The molecule has 0 spiro atoms. The van der Waals surface area contributed by atoms with Crippen LogP contribution in [0, 0.1) is 17.0 Å². The van der Waals surface area contributed by atoms with Gasteiger partial charge in [0.1, 0.15) is 6.54 Å². The number of tetrazole rings is 1. The first-order valence-corrected chi connectivity index (χ1v) is 6.59. The molecule has 0 amide bonds. The Bertz CT molecular complexity index is 687. The molecule has 0 aliphatic carbocycles. The van der Waals surface area contributed by atoms with Crippen molar-refractivity contribution in [2.24, 2.45) is 0 Å². The van der Waals surface area contributed by atoms with Gasteiger partial charge in [-0.2, -0.15) is 0 Å². The summed E-state index contributed by atoms with van der Waals surface area (Å²) in [6.45, 7) is 1.65. The molecular weight excluding hydrogens is 298 g/mol. The van der Waals surface area contributed by atoms with Crippen molar-refractivity contribution in [2.75, 3.05) is 7.11 Å². The second kappa shape index (κ2) is 6.31. The van der Waals surface area contributed by atoms with Gasteiger partial charge in [0.25, 0.3) is 5.69 Å². The van der Waals surface area contributed by atoms with Crippen molar-refractivity contribution in [1.82, 2.24) is 20.2 Å². The van der Waals surface area contributed by atoms with Gasteiger partial charge >= 0.3 is 5.97 Å². The predicted molar refractivity (Wildman–Crippen MR) is 71.8 cm³/mol. The molecule has 0 saturated carbocycles. The molecular formula is C11H11N5O4S. The lowest BCUT2D eigenvalue weighted by Crippen LogP contribution is -2.13. The molecule has 2 aromatic rings. The summed E-state index contributed by atoms with van der Waals surface area (Å²) in [6, 6.07) is 4.50. The molecule has 1 aromatic carbocycles. The first-order chi connectivity index (χ1) is 10.0. The summed E-state index contributed by atoms with van der Waals surface area (Å²) in [6.07, 6.45) is 0. The van der Waals surface area contributed by atoms with Gasteiger partial charge in [-0.15, -0.1) is 5.10 Å². The number of non-ortho nitro benzene ring substituents is 1. The lowest BCUT2D eigenvalue weighted by atomic mass is 10.2. The topological polar surface area (TPSA) is 113 Å². The Morgan fingerprint density at radius 2 is 2.29 bits per heavy atom. The van der Waals surface area contributed by atoms with Gasteiger partial charge in [0.15, 0.2) is 0 Å². The highest BCUT2D eigenvalue weighted by molar-refractivity contribution is 7.99. The third kappa shape index (κ3) is 3.54. The highest BCUT2D eigenvalue weighted by Gasteiger charge is 2.14. The van der Waals surface area contributed by atoms with Crippen LogP contribution in [0.3, 0.4) is 0 Å². The first-order valence-electron chi connectivity index (χ1n) is 5.77. The number of nitro benzene ring substituents is 1. The van der Waals surface area contributed by atoms with Crippen LogP contribution < -0.4 is 0 Å². The molecule has 0 unspecified atom stereocenters. The number of rotatable bonds is 5. The summed E-state index contributed by atoms with van der Waals surface area (Å²) < 4.78 is 5.86. The van der Waals surface area contributed by atoms with Crippen molar-refractivity contribution in [3.8, 4) is 0 Å². The van der Waals surface area contributed by atoms with Crippen molar-refractivity contribution in [1.29, 1.82) is 0 Å². The van der Waals surface area contributed by atoms with Gasteiger partial charge in [0.2, 0.25) is 5.16 Å². The molecule has 0 aliphatic heterocycles. The molecule has 0 fully saturated rings. The molecule has 0 atom stereocenters. The number of hydrogen-bond donors (Lipinski definition) is 0. The van der Waals surface area contributed by atoms with Gasteiger partial charge in [-0.25, -0.2) is 4.68 Å². The number of aromatic nitrogens is 4. The van der Waals surface area contributed by atoms with Crippen LogP contribution in [0.5, 0.6) is 0 Å². The van der Waals surface area contributed by atoms with Crippen LogP contribution in [0.15, 0.2) is 28.3 Å². The van der Waals surface area contributed by atoms with Crippen LogP contribution in [0.25, 0.3) is 0 Å². The van der Waals surface area contributed by atoms with E-state index in [-0.39, 0.29) is 12.2 Å². The Morgan fingerprint density at radius 1 is 1.52 bits per heavy atom. The maximum atomic E-state index is 11.2. The predicted octanol–water partition coefficient (Wildman–Crippen LogP) is 1.21. The molecule has 10 heteroatoms. The van der Waals surface area contributed by atoms with Crippen LogP contribution in [-0.2, 0) is 16.1 Å². The lowest BCUT2D eigenvalue weighted by Gasteiger charge is -2.05. The summed E-state index contributed by atoms with van der Waals surface area (Å²) in [5.74, 6) is -0.468. The van der Waals surface area contributed by atoms with Crippen molar-refractivity contribution in [3.63, 3.8) is 0 Å². The molecule has 2 rings (SSSR count). The van der Waals surface area contributed by atoms with Crippen LogP contribution in [0.4, 0.5) is 5.69 Å². The molecule has 0 N–H and O–H groups in total. The van der Waals surface area contributed by atoms with E-state index in [4.69, 9.17) is 0 Å². The third-order valence-electron chi connectivity index (χ3n) is 2.58. The Labute approximate surface area is 123 Å². The van der Waals surface area contributed by atoms with Crippen LogP contribution in [0.2, 0.25) is 0 Å². The minimum Gasteiger partial charge on any atom is -0.468 e. The summed E-state index contributed by atoms with van der Waals surface area (Å²) in [5.41, 5.74) is 0.743. The van der Waals surface area contributed by atoms with Crippen LogP contribution >= 0.6 is 11.8 Å². The molecule has 110 valence electrons. The molecule has 9 nitrogen and oxygen atoms in total. The summed E-state index contributed by atoms with van der Waals surface area (Å²) in [5, 5.41) is 22.1. The number of methoxy groups -OCH3 is 1. The molecule has 0 aliphatic rings. The molecule has 0 saturated heterocycles. The summed E-state index contributed by atoms with van der Waals surface area (Å²) >= 11 is 1.22. The molecule has 1 aromatic heterocycles. The highest BCUT2D eigenvalue weighted by Crippen LogP contribution is 2.30. The van der Waals surface area contributed by atoms with Crippen molar-refractivity contribution < 1.29 is 14.5 Å². The number of esters is 1. The maximum absolute atomic E-state index is 11.2. The van der Waals surface area contributed by atoms with E-state index < -0.39 is 10.9 Å². The fourth-order valence-corrected chi connectivity index (χ4v) is 2.35. The van der Waals surface area contributed by atoms with E-state index in [9.17, 15) is 14.9 Å². The Balaban J connectivity index is 2.21. The smallest absolute Gasteiger partial charge is 0.327 e. The molecule has 0 radical (unpaired) electrons. The molecule has 21 heavy (non-hydrogen) atoms. The highest BCUT2D eigenvalue weighted by atomic mass is 32.2. The summed E-state index contributed by atoms with van der Waals surface area (Å²) in [7, 11) is 1.28. The Hall–Kier alpha value is -2.49. The van der Waals surface area contributed by atoms with E-state index >= 15 is 0 Å². The number of nitro groups is 1. The quantitative estimate of drug-likeness (QED) is 0.460. The number of benzene rings is 1. The van der Waals surface area contributed by atoms with Gasteiger partial charge in [0, 0.05) is 17.0 Å². The van der Waals surface area contributed by atoms with Gasteiger partial charge in [-0.05, 0) is 40.7 Å². The minimum atomic E-state index is -0.468. The van der Waals surface area contributed by atoms with Crippen molar-refractivity contribution >= 4 is 23.4 Å². The van der Waals surface area contributed by atoms with E-state index in [2.05, 4.69) is 20.3 Å². The molecule has 1 heterocycles. The standard InChI is InChI=1S/C11H11N5O4S/c1-7-5-8(16(18)19)3-4-9(7)21-11-12-13-14-15(11)6-10(17)20-2/h3-5H,6H2,1-2H3. The maximum Gasteiger partial charge on any atom is 0.327 e. The number of carbonyl (C=O) groups is 1. The second-order valence-electron chi connectivity index (χ2n) is 4.00. The third-order valence-corrected chi connectivity index (χ3v) is 3.73. The van der Waals surface area contributed by atoms with E-state index in [1.54, 1.807) is 13.0 Å². The average molecular weight is 309 g/mol. The van der Waals surface area contributed by atoms with Crippen LogP contribution in [0.1, 0.15) is 5.56 Å². The van der Waals surface area contributed by atoms with Crippen molar-refractivity contribution in [3.05, 3.63) is 33.9 Å². The number of aryl methyl sites for hydroxylation is 1. The number of nitrogens with zero attached hydrogens (tertiary/aromatic N) is 5. The van der Waals surface area contributed by atoms with Gasteiger partial charge < -0.3 is 4.74 Å². The van der Waals surface area contributed by atoms with Crippen LogP contribution in [-0.4, -0.2) is 38.2 Å². The summed E-state index contributed by atoms with van der Waals surface area (Å²) in [4.78, 5) is 22.3. The zero-order valence-corrected chi connectivity index (χ0v) is 12.0. The SMILES string of the molecule is COC(=O)Cn1nnnc1Sc1ccc([N+](=O)[O-])cc1C. The average Bonchev–Trinajstić information content (AvgIpc) is 2.87. The Morgan fingerprint density at radius 3 is 2.90 bits per heavy atom. The van der Waals surface area contributed by atoms with E-state index in [0.717, 1.165) is 10.5 Å². The van der Waals surface area contributed by atoms with Crippen molar-refractivity contribution in [2.45, 2.75) is 23.5 Å². The van der Waals surface area contributed by atoms with E-state index in [1.165, 1.54) is 35.7 Å². The first kappa shape index (κ1) is 14.9. The van der Waals surface area contributed by atoms with Gasteiger partial charge in [-0.1, -0.05) is 0 Å². The number of carbonyl (C=O) groups excluding carboxylic acids is 1. The normalized spacial score (nSPS) is 10.4. The zero-order valence-electron chi connectivity index (χ0n) is 11.2. The zero-order chi connectivity index (χ0) is 15.4. The second-order valence-corrected chi connectivity index (χ2v) is 5.01. The fourth-order valence-electron chi connectivity index (χ4n) is 1.52. The van der Waals surface area contributed by atoms with Gasteiger partial charge in [0.05, 0.1) is 12.0 Å².